The number of unbranched alkanes of at least 4 members (excludes halogenated alkanes) is 5. The summed E-state index contributed by atoms with van der Waals surface area (Å²) < 4.78 is 1.22. The lowest BCUT2D eigenvalue weighted by atomic mass is 10.1. The molecular weight excluding hydrogens is 348 g/mol. The molecule has 0 atom stereocenters. The maximum Gasteiger partial charge on any atom is 0.303 e. The number of nitrogens with one attached hydrogen (secondary N) is 2. The molecule has 0 bridgehead atoms. The van der Waals surface area contributed by atoms with Crippen LogP contribution < -0.4 is 0 Å². The van der Waals surface area contributed by atoms with Gasteiger partial charge in [0.05, 0.1) is 0 Å². The third kappa shape index (κ3) is 12.0. The molecule has 0 saturated heterocycles. The number of aryl methyl sites for hydroxylation is 2. The minimum absolute atomic E-state index is 0.245. The Hall–Kier alpha value is -1.54. The molecule has 1 aromatic heterocycles. The van der Waals surface area contributed by atoms with Crippen LogP contribution >= 0.6 is 24.4 Å². The Morgan fingerprint density at radius 3 is 1.33 bits per heavy atom. The Morgan fingerprint density at radius 2 is 1.04 bits per heavy atom. The number of aromatic nitrogens is 2. The summed E-state index contributed by atoms with van der Waals surface area (Å²) in [4.78, 5) is 26.3. The van der Waals surface area contributed by atoms with Gasteiger partial charge in [-0.2, -0.15) is 0 Å². The third-order valence-electron chi connectivity index (χ3n) is 3.40. The Labute approximate surface area is 152 Å². The number of aliphatic carboxylic acids is 2. The first-order chi connectivity index (χ1) is 11.2. The van der Waals surface area contributed by atoms with Crippen LogP contribution in [-0.4, -0.2) is 32.1 Å². The van der Waals surface area contributed by atoms with E-state index in [1.54, 1.807) is 0 Å². The molecule has 0 radical (unpaired) electrons. The van der Waals surface area contributed by atoms with Gasteiger partial charge in [-0.15, -0.1) is 0 Å². The molecule has 1 heterocycles. The Balaban J connectivity index is 0.000000463. The monoisotopic (exact) mass is 374 g/mol. The van der Waals surface area contributed by atoms with Crippen molar-refractivity contribution in [1.29, 1.82) is 0 Å². The normalized spacial score (nSPS) is 9.92. The summed E-state index contributed by atoms with van der Waals surface area (Å²) in [7, 11) is 0. The minimum Gasteiger partial charge on any atom is -0.481 e. The van der Waals surface area contributed by atoms with Gasteiger partial charge in [0.15, 0.2) is 0 Å². The van der Waals surface area contributed by atoms with Crippen LogP contribution in [0.3, 0.4) is 0 Å². The number of H-pyrrole nitrogens is 2. The SMILES string of the molecule is Cc1[nH]c(=S)c(=S)[nH]c1C.O=C(O)CCCCCCCCC(=O)O. The molecule has 0 spiro atoms. The summed E-state index contributed by atoms with van der Waals surface area (Å²) in [6.07, 6.45) is 5.82. The van der Waals surface area contributed by atoms with E-state index in [-0.39, 0.29) is 12.8 Å². The fourth-order valence-electron chi connectivity index (χ4n) is 1.90. The van der Waals surface area contributed by atoms with Gasteiger partial charge in [0.25, 0.3) is 0 Å². The number of rotatable bonds is 9. The maximum atomic E-state index is 10.1. The highest BCUT2D eigenvalue weighted by molar-refractivity contribution is 7.73. The molecular formula is C16H26N2O4S2. The van der Waals surface area contributed by atoms with Crippen LogP contribution in [0.2, 0.25) is 0 Å². The molecule has 0 amide bonds. The number of carboxylic acid groups (broad SMARTS) is 2. The zero-order valence-electron chi connectivity index (χ0n) is 14.2. The van der Waals surface area contributed by atoms with Crippen molar-refractivity contribution in [2.24, 2.45) is 0 Å². The maximum absolute atomic E-state index is 10.1. The fourth-order valence-corrected chi connectivity index (χ4v) is 2.31. The summed E-state index contributed by atoms with van der Waals surface area (Å²) in [5.74, 6) is -1.48. The van der Waals surface area contributed by atoms with Crippen LogP contribution in [0, 0.1) is 23.1 Å². The van der Waals surface area contributed by atoms with Gasteiger partial charge in [-0.1, -0.05) is 50.1 Å². The van der Waals surface area contributed by atoms with Gasteiger partial charge < -0.3 is 20.2 Å². The first kappa shape index (κ1) is 22.5. The molecule has 1 aromatic rings. The van der Waals surface area contributed by atoms with Gasteiger partial charge >= 0.3 is 11.9 Å². The van der Waals surface area contributed by atoms with Crippen molar-refractivity contribution >= 4 is 36.4 Å². The van der Waals surface area contributed by atoms with Crippen LogP contribution in [0.4, 0.5) is 0 Å². The van der Waals surface area contributed by atoms with E-state index in [0.717, 1.165) is 49.9 Å². The van der Waals surface area contributed by atoms with Crippen molar-refractivity contribution in [3.05, 3.63) is 20.7 Å². The molecule has 6 nitrogen and oxygen atoms in total. The van der Waals surface area contributed by atoms with E-state index < -0.39 is 11.9 Å². The van der Waals surface area contributed by atoms with E-state index in [4.69, 9.17) is 34.6 Å². The van der Waals surface area contributed by atoms with E-state index >= 15 is 0 Å². The van der Waals surface area contributed by atoms with E-state index in [2.05, 4.69) is 9.97 Å². The molecule has 0 aliphatic rings. The van der Waals surface area contributed by atoms with Gasteiger partial charge in [0.1, 0.15) is 9.28 Å². The fraction of sp³-hybridized carbons (Fsp3) is 0.625. The summed E-state index contributed by atoms with van der Waals surface area (Å²) >= 11 is 9.82. The highest BCUT2D eigenvalue weighted by atomic mass is 32.1. The van der Waals surface area contributed by atoms with Crippen molar-refractivity contribution in [1.82, 2.24) is 9.97 Å². The molecule has 1 rings (SSSR count). The highest BCUT2D eigenvalue weighted by Gasteiger charge is 1.98. The molecule has 0 saturated carbocycles. The Morgan fingerprint density at radius 1 is 0.750 bits per heavy atom. The van der Waals surface area contributed by atoms with Crippen LogP contribution in [0.5, 0.6) is 0 Å². The van der Waals surface area contributed by atoms with Gasteiger partial charge in [0, 0.05) is 24.2 Å². The molecule has 0 aliphatic carbocycles. The number of hydrogen-bond acceptors (Lipinski definition) is 4. The highest BCUT2D eigenvalue weighted by Crippen LogP contribution is 2.08. The second-order valence-electron chi connectivity index (χ2n) is 5.57. The van der Waals surface area contributed by atoms with Gasteiger partial charge in [-0.3, -0.25) is 9.59 Å². The van der Waals surface area contributed by atoms with Crippen LogP contribution in [0.15, 0.2) is 0 Å². The largest absolute Gasteiger partial charge is 0.481 e. The Bertz CT molecular complexity index is 583. The van der Waals surface area contributed by atoms with Crippen LogP contribution in [-0.2, 0) is 9.59 Å². The van der Waals surface area contributed by atoms with Gasteiger partial charge in [-0.05, 0) is 26.7 Å². The van der Waals surface area contributed by atoms with E-state index in [9.17, 15) is 9.59 Å². The molecule has 24 heavy (non-hydrogen) atoms. The number of carbonyl (C=O) groups is 2. The molecule has 0 unspecified atom stereocenters. The minimum atomic E-state index is -0.740. The van der Waals surface area contributed by atoms with Gasteiger partial charge in [0.2, 0.25) is 0 Å². The van der Waals surface area contributed by atoms with Crippen molar-refractivity contribution in [3.63, 3.8) is 0 Å². The average molecular weight is 375 g/mol. The standard InChI is InChI=1S/C10H18O4.C6H8N2S2/c11-9(12)7-5-3-1-2-4-6-8-10(13)14;1-3-4(2)8-6(10)5(9)7-3/h1-8H2,(H,11,12)(H,13,14);1-2H3,(H,7,9)(H,8,10). The number of hydrogen-bond donors (Lipinski definition) is 4. The lowest BCUT2D eigenvalue weighted by Crippen LogP contribution is -1.94. The number of aromatic amines is 2. The molecule has 0 aliphatic heterocycles. The predicted molar refractivity (Wildman–Crippen MR) is 98.5 cm³/mol. The lowest BCUT2D eigenvalue weighted by Gasteiger charge is -1.98. The summed E-state index contributed by atoms with van der Waals surface area (Å²) in [6, 6.07) is 0. The molecule has 4 N–H and O–H groups in total. The Kier molecular flexibility index (Phi) is 12.0. The first-order valence-electron chi connectivity index (χ1n) is 7.97. The zero-order chi connectivity index (χ0) is 18.5. The van der Waals surface area contributed by atoms with Crippen molar-refractivity contribution in [2.75, 3.05) is 0 Å². The predicted octanol–water partition coefficient (Wildman–Crippen LogP) is 4.70. The summed E-state index contributed by atoms with van der Waals surface area (Å²) in [5.41, 5.74) is 2.08. The van der Waals surface area contributed by atoms with Crippen LogP contribution in [0.25, 0.3) is 0 Å². The lowest BCUT2D eigenvalue weighted by molar-refractivity contribution is -0.138. The van der Waals surface area contributed by atoms with Crippen molar-refractivity contribution in [3.8, 4) is 0 Å². The number of carboxylic acids is 2. The first-order valence-corrected chi connectivity index (χ1v) is 8.79. The zero-order valence-corrected chi connectivity index (χ0v) is 15.8. The van der Waals surface area contributed by atoms with E-state index in [1.165, 1.54) is 0 Å². The molecule has 0 fully saturated rings. The summed E-state index contributed by atoms with van der Waals surface area (Å²) in [5, 5.41) is 16.7. The quantitative estimate of drug-likeness (QED) is 0.369. The summed E-state index contributed by atoms with van der Waals surface area (Å²) in [6.45, 7) is 3.91. The smallest absolute Gasteiger partial charge is 0.303 e. The van der Waals surface area contributed by atoms with Gasteiger partial charge in [-0.25, -0.2) is 0 Å². The average Bonchev–Trinajstić information content (AvgIpc) is 2.48. The second-order valence-corrected chi connectivity index (χ2v) is 6.38. The molecule has 0 aromatic carbocycles. The molecule has 136 valence electrons. The van der Waals surface area contributed by atoms with Crippen LogP contribution in [0.1, 0.15) is 62.8 Å². The van der Waals surface area contributed by atoms with E-state index in [1.807, 2.05) is 13.8 Å². The second kappa shape index (κ2) is 12.8. The topological polar surface area (TPSA) is 106 Å². The van der Waals surface area contributed by atoms with Crippen molar-refractivity contribution < 1.29 is 19.8 Å². The van der Waals surface area contributed by atoms with Crippen molar-refractivity contribution in [2.45, 2.75) is 65.2 Å². The van der Waals surface area contributed by atoms with E-state index in [0.29, 0.717) is 9.28 Å². The third-order valence-corrected chi connectivity index (χ3v) is 4.14. The molecule has 8 heteroatoms.